The average Bonchev–Trinajstić information content (AvgIpc) is 2.74. The Kier molecular flexibility index (Phi) is 2.74. The summed E-state index contributed by atoms with van der Waals surface area (Å²) in [6.07, 6.45) is 0. The summed E-state index contributed by atoms with van der Waals surface area (Å²) in [6, 6.07) is 12.1. The van der Waals surface area contributed by atoms with Crippen LogP contribution >= 0.6 is 22.6 Å². The summed E-state index contributed by atoms with van der Waals surface area (Å²) >= 11 is 2.28. The van der Waals surface area contributed by atoms with Gasteiger partial charge in [-0.3, -0.25) is 0 Å². The van der Waals surface area contributed by atoms with Crippen LogP contribution in [0.4, 0.5) is 5.69 Å². The van der Waals surface area contributed by atoms with E-state index in [1.807, 2.05) is 24.3 Å². The molecule has 1 aromatic heterocycles. The van der Waals surface area contributed by atoms with Crippen LogP contribution in [0.3, 0.4) is 0 Å². The van der Waals surface area contributed by atoms with Crippen LogP contribution in [0, 0.1) is 10.5 Å². The first-order chi connectivity index (χ1) is 8.63. The lowest BCUT2D eigenvalue weighted by Crippen LogP contribution is -1.91. The third-order valence-corrected chi connectivity index (χ3v) is 3.58. The SMILES string of the molecule is Cc1ccc2nc(-c3cc(I)ccc3N)[nH]c2c1. The zero-order chi connectivity index (χ0) is 12.7. The van der Waals surface area contributed by atoms with E-state index in [-0.39, 0.29) is 0 Å². The van der Waals surface area contributed by atoms with Crippen LogP contribution in [0.5, 0.6) is 0 Å². The highest BCUT2D eigenvalue weighted by atomic mass is 127. The van der Waals surface area contributed by atoms with E-state index in [1.165, 1.54) is 5.56 Å². The van der Waals surface area contributed by atoms with Gasteiger partial charge in [-0.15, -0.1) is 0 Å². The van der Waals surface area contributed by atoms with Crippen LogP contribution in [0.1, 0.15) is 5.56 Å². The van der Waals surface area contributed by atoms with Crippen molar-refractivity contribution in [3.05, 3.63) is 45.5 Å². The average molecular weight is 349 g/mol. The minimum Gasteiger partial charge on any atom is -0.398 e. The minimum absolute atomic E-state index is 0.742. The molecule has 3 nitrogen and oxygen atoms in total. The van der Waals surface area contributed by atoms with Crippen LogP contribution in [-0.4, -0.2) is 9.97 Å². The summed E-state index contributed by atoms with van der Waals surface area (Å²) in [4.78, 5) is 7.91. The van der Waals surface area contributed by atoms with Crippen LogP contribution < -0.4 is 5.73 Å². The second kappa shape index (κ2) is 4.28. The highest BCUT2D eigenvalue weighted by Gasteiger charge is 2.08. The lowest BCUT2D eigenvalue weighted by molar-refractivity contribution is 1.33. The number of nitrogens with zero attached hydrogens (tertiary/aromatic N) is 1. The summed E-state index contributed by atoms with van der Waals surface area (Å²) in [5.41, 5.74) is 10.9. The van der Waals surface area contributed by atoms with E-state index in [4.69, 9.17) is 5.73 Å². The predicted molar refractivity (Wildman–Crippen MR) is 83.4 cm³/mol. The van der Waals surface area contributed by atoms with Crippen molar-refractivity contribution in [2.75, 3.05) is 5.73 Å². The molecular weight excluding hydrogens is 337 g/mol. The molecule has 0 saturated carbocycles. The lowest BCUT2D eigenvalue weighted by atomic mass is 10.2. The Morgan fingerprint density at radius 2 is 2.00 bits per heavy atom. The van der Waals surface area contributed by atoms with E-state index in [9.17, 15) is 0 Å². The molecule has 18 heavy (non-hydrogen) atoms. The van der Waals surface area contributed by atoms with Crippen LogP contribution in [0.15, 0.2) is 36.4 Å². The number of hydrogen-bond donors (Lipinski definition) is 2. The highest BCUT2D eigenvalue weighted by molar-refractivity contribution is 14.1. The van der Waals surface area contributed by atoms with Gasteiger partial charge in [-0.1, -0.05) is 6.07 Å². The number of aromatic nitrogens is 2. The maximum Gasteiger partial charge on any atom is 0.140 e. The van der Waals surface area contributed by atoms with E-state index in [1.54, 1.807) is 0 Å². The molecule has 0 aliphatic carbocycles. The Labute approximate surface area is 119 Å². The lowest BCUT2D eigenvalue weighted by Gasteiger charge is -2.02. The van der Waals surface area contributed by atoms with Crippen molar-refractivity contribution in [2.24, 2.45) is 0 Å². The van der Waals surface area contributed by atoms with Crippen molar-refractivity contribution < 1.29 is 0 Å². The third kappa shape index (κ3) is 1.96. The van der Waals surface area contributed by atoms with E-state index in [0.717, 1.165) is 31.7 Å². The van der Waals surface area contributed by atoms with E-state index in [0.29, 0.717) is 0 Å². The van der Waals surface area contributed by atoms with Gasteiger partial charge in [0.25, 0.3) is 0 Å². The molecule has 0 atom stereocenters. The molecule has 0 saturated heterocycles. The number of anilines is 1. The molecule has 0 radical (unpaired) electrons. The van der Waals surface area contributed by atoms with Crippen molar-refractivity contribution in [1.82, 2.24) is 9.97 Å². The van der Waals surface area contributed by atoms with Crippen molar-refractivity contribution in [1.29, 1.82) is 0 Å². The van der Waals surface area contributed by atoms with Crippen LogP contribution in [0.2, 0.25) is 0 Å². The zero-order valence-corrected chi connectivity index (χ0v) is 12.0. The smallest absolute Gasteiger partial charge is 0.140 e. The number of nitrogens with two attached hydrogens (primary N) is 1. The highest BCUT2D eigenvalue weighted by Crippen LogP contribution is 2.27. The fourth-order valence-electron chi connectivity index (χ4n) is 1.98. The second-order valence-corrected chi connectivity index (χ2v) is 5.58. The number of halogens is 1. The molecule has 0 aliphatic heterocycles. The topological polar surface area (TPSA) is 54.7 Å². The summed E-state index contributed by atoms with van der Waals surface area (Å²) < 4.78 is 1.15. The number of aryl methyl sites for hydroxylation is 1. The number of H-pyrrole nitrogens is 1. The van der Waals surface area contributed by atoms with Gasteiger partial charge < -0.3 is 10.7 Å². The largest absolute Gasteiger partial charge is 0.398 e. The molecule has 3 aromatic rings. The third-order valence-electron chi connectivity index (χ3n) is 2.91. The second-order valence-electron chi connectivity index (χ2n) is 4.34. The van der Waals surface area contributed by atoms with Crippen molar-refractivity contribution in [2.45, 2.75) is 6.92 Å². The molecule has 90 valence electrons. The van der Waals surface area contributed by atoms with Gasteiger partial charge in [0, 0.05) is 14.8 Å². The molecule has 1 heterocycles. The van der Waals surface area contributed by atoms with Crippen molar-refractivity contribution in [3.8, 4) is 11.4 Å². The maximum atomic E-state index is 6.01. The first-order valence-corrected chi connectivity index (χ1v) is 6.73. The Bertz CT molecular complexity index is 731. The summed E-state index contributed by atoms with van der Waals surface area (Å²) in [5.74, 6) is 0.826. The molecular formula is C14H12IN3. The van der Waals surface area contributed by atoms with E-state index >= 15 is 0 Å². The molecule has 3 N–H and O–H groups in total. The number of nitrogens with one attached hydrogen (secondary N) is 1. The van der Waals surface area contributed by atoms with Crippen LogP contribution in [0.25, 0.3) is 22.4 Å². The molecule has 2 aromatic carbocycles. The summed E-state index contributed by atoms with van der Waals surface area (Å²) in [7, 11) is 0. The molecule has 3 rings (SSSR count). The Balaban J connectivity index is 2.22. The molecule has 0 amide bonds. The molecule has 0 bridgehead atoms. The zero-order valence-electron chi connectivity index (χ0n) is 9.87. The Morgan fingerprint density at radius 1 is 1.17 bits per heavy atom. The Morgan fingerprint density at radius 3 is 2.83 bits per heavy atom. The van der Waals surface area contributed by atoms with Gasteiger partial charge in [0.05, 0.1) is 11.0 Å². The maximum absolute atomic E-state index is 6.01. The van der Waals surface area contributed by atoms with Gasteiger partial charge in [0.15, 0.2) is 0 Å². The first kappa shape index (κ1) is 11.5. The Hall–Kier alpha value is -1.56. The quantitative estimate of drug-likeness (QED) is 0.520. The summed E-state index contributed by atoms with van der Waals surface area (Å²) in [5, 5.41) is 0. The van der Waals surface area contributed by atoms with Gasteiger partial charge >= 0.3 is 0 Å². The minimum atomic E-state index is 0.742. The van der Waals surface area contributed by atoms with E-state index < -0.39 is 0 Å². The van der Waals surface area contributed by atoms with Gasteiger partial charge in [0.2, 0.25) is 0 Å². The summed E-state index contributed by atoms with van der Waals surface area (Å²) in [6.45, 7) is 2.07. The fourth-order valence-corrected chi connectivity index (χ4v) is 2.48. The monoisotopic (exact) mass is 349 g/mol. The van der Waals surface area contributed by atoms with Gasteiger partial charge in [-0.25, -0.2) is 4.98 Å². The molecule has 0 unspecified atom stereocenters. The number of nitrogen functional groups attached to an aromatic ring is 1. The van der Waals surface area contributed by atoms with Crippen molar-refractivity contribution in [3.63, 3.8) is 0 Å². The first-order valence-electron chi connectivity index (χ1n) is 5.65. The van der Waals surface area contributed by atoms with Crippen LogP contribution in [-0.2, 0) is 0 Å². The van der Waals surface area contributed by atoms with Gasteiger partial charge in [-0.2, -0.15) is 0 Å². The fraction of sp³-hybridized carbons (Fsp3) is 0.0714. The number of benzene rings is 2. The predicted octanol–water partition coefficient (Wildman–Crippen LogP) is 3.73. The number of rotatable bonds is 1. The molecule has 0 aliphatic rings. The number of imidazole rings is 1. The normalized spacial score (nSPS) is 11.0. The molecule has 0 fully saturated rings. The molecule has 0 spiro atoms. The number of hydrogen-bond acceptors (Lipinski definition) is 2. The van der Waals surface area contributed by atoms with E-state index in [2.05, 4.69) is 51.6 Å². The number of aromatic amines is 1. The number of fused-ring (bicyclic) bond motifs is 1. The molecule has 4 heteroatoms. The van der Waals surface area contributed by atoms with Crippen molar-refractivity contribution >= 4 is 39.3 Å². The van der Waals surface area contributed by atoms with Gasteiger partial charge in [-0.05, 0) is 65.4 Å². The van der Waals surface area contributed by atoms with Gasteiger partial charge in [0.1, 0.15) is 5.82 Å². The standard InChI is InChI=1S/C14H12IN3/c1-8-2-5-12-13(6-8)18-14(17-12)10-7-9(15)3-4-11(10)16/h2-7H,16H2,1H3,(H,17,18).